The number of anilines is 1. The molecule has 7 nitrogen and oxygen atoms in total. The molecule has 0 fully saturated rings. The predicted molar refractivity (Wildman–Crippen MR) is 70.1 cm³/mol. The average molecular weight is 263 g/mol. The minimum Gasteiger partial charge on any atom is -0.365 e. The van der Waals surface area contributed by atoms with Crippen molar-refractivity contribution in [1.82, 2.24) is 19.7 Å². The number of nitrogens with one attached hydrogen (secondary N) is 1. The van der Waals surface area contributed by atoms with Crippen molar-refractivity contribution in [2.75, 3.05) is 11.9 Å². The van der Waals surface area contributed by atoms with Crippen LogP contribution in [0.5, 0.6) is 0 Å². The molecule has 0 unspecified atom stereocenters. The van der Waals surface area contributed by atoms with Gasteiger partial charge in [-0.05, 0) is 20.8 Å². The van der Waals surface area contributed by atoms with Crippen molar-refractivity contribution in [2.24, 2.45) is 0 Å². The summed E-state index contributed by atoms with van der Waals surface area (Å²) in [4.78, 5) is 20.2. The number of aromatic nitrogens is 4. The minimum atomic E-state index is -0.126. The van der Waals surface area contributed by atoms with Crippen LogP contribution in [-0.2, 0) is 6.42 Å². The fraction of sp³-hybridized carbons (Fsp3) is 0.500. The van der Waals surface area contributed by atoms with Crippen LogP contribution in [0.1, 0.15) is 31.6 Å². The van der Waals surface area contributed by atoms with Crippen molar-refractivity contribution in [3.05, 3.63) is 34.5 Å². The largest absolute Gasteiger partial charge is 0.365 e. The summed E-state index contributed by atoms with van der Waals surface area (Å²) in [6, 6.07) is 0.106. The Balaban J connectivity index is 2.00. The molecule has 0 aliphatic carbocycles. The Kier molecular flexibility index (Phi) is 3.94. The Morgan fingerprint density at radius 2 is 2.26 bits per heavy atom. The first-order chi connectivity index (χ1) is 9.08. The standard InChI is InChI=1S/C12H17N5O2/c1-8(2)17-7-6-14-11(12(17)18)13-5-4-10-15-9(3)16-19-10/h6-8H,4-5H2,1-3H3,(H,13,14). The van der Waals surface area contributed by atoms with Gasteiger partial charge in [0.2, 0.25) is 5.89 Å². The van der Waals surface area contributed by atoms with E-state index in [4.69, 9.17) is 4.52 Å². The summed E-state index contributed by atoms with van der Waals surface area (Å²) < 4.78 is 6.62. The molecule has 102 valence electrons. The molecule has 19 heavy (non-hydrogen) atoms. The third-order valence-electron chi connectivity index (χ3n) is 2.63. The number of rotatable bonds is 5. The van der Waals surface area contributed by atoms with Gasteiger partial charge in [-0.1, -0.05) is 5.16 Å². The molecule has 0 spiro atoms. The van der Waals surface area contributed by atoms with Crippen LogP contribution in [0.15, 0.2) is 21.7 Å². The molecule has 0 radical (unpaired) electrons. The van der Waals surface area contributed by atoms with Crippen LogP contribution in [0.2, 0.25) is 0 Å². The Bertz CT molecular complexity index is 602. The van der Waals surface area contributed by atoms with Gasteiger partial charge in [-0.15, -0.1) is 0 Å². The highest BCUT2D eigenvalue weighted by Crippen LogP contribution is 2.02. The molecule has 0 saturated carbocycles. The van der Waals surface area contributed by atoms with E-state index in [-0.39, 0.29) is 11.6 Å². The maximum Gasteiger partial charge on any atom is 0.293 e. The van der Waals surface area contributed by atoms with Crippen molar-refractivity contribution in [3.63, 3.8) is 0 Å². The van der Waals surface area contributed by atoms with Gasteiger partial charge in [0, 0.05) is 31.4 Å². The van der Waals surface area contributed by atoms with E-state index in [1.54, 1.807) is 23.9 Å². The molecule has 0 saturated heterocycles. The molecule has 0 aliphatic rings. The number of aryl methyl sites for hydroxylation is 1. The quantitative estimate of drug-likeness (QED) is 0.871. The van der Waals surface area contributed by atoms with Crippen molar-refractivity contribution in [3.8, 4) is 0 Å². The van der Waals surface area contributed by atoms with Gasteiger partial charge in [-0.25, -0.2) is 4.98 Å². The summed E-state index contributed by atoms with van der Waals surface area (Å²) >= 11 is 0. The molecular weight excluding hydrogens is 246 g/mol. The number of hydrogen-bond donors (Lipinski definition) is 1. The lowest BCUT2D eigenvalue weighted by Gasteiger charge is -2.11. The van der Waals surface area contributed by atoms with Crippen LogP contribution in [0.4, 0.5) is 5.82 Å². The summed E-state index contributed by atoms with van der Waals surface area (Å²) in [6.45, 7) is 6.19. The molecule has 2 heterocycles. The van der Waals surface area contributed by atoms with Crippen LogP contribution < -0.4 is 10.9 Å². The first kappa shape index (κ1) is 13.3. The lowest BCUT2D eigenvalue weighted by atomic mass is 10.4. The average Bonchev–Trinajstić information content (AvgIpc) is 2.77. The molecule has 2 aromatic heterocycles. The van der Waals surface area contributed by atoms with Crippen LogP contribution in [-0.4, -0.2) is 26.2 Å². The Morgan fingerprint density at radius 3 is 2.89 bits per heavy atom. The van der Waals surface area contributed by atoms with Gasteiger partial charge >= 0.3 is 0 Å². The lowest BCUT2D eigenvalue weighted by molar-refractivity contribution is 0.377. The molecule has 2 rings (SSSR count). The highest BCUT2D eigenvalue weighted by Gasteiger charge is 2.07. The Labute approximate surface area is 110 Å². The van der Waals surface area contributed by atoms with Crippen molar-refractivity contribution < 1.29 is 4.52 Å². The lowest BCUT2D eigenvalue weighted by Crippen LogP contribution is -2.26. The van der Waals surface area contributed by atoms with Crippen LogP contribution >= 0.6 is 0 Å². The first-order valence-electron chi connectivity index (χ1n) is 6.18. The second-order valence-electron chi connectivity index (χ2n) is 4.49. The van der Waals surface area contributed by atoms with E-state index >= 15 is 0 Å². The third-order valence-corrected chi connectivity index (χ3v) is 2.63. The highest BCUT2D eigenvalue weighted by atomic mass is 16.5. The second kappa shape index (κ2) is 5.64. The fourth-order valence-corrected chi connectivity index (χ4v) is 1.68. The maximum atomic E-state index is 12.0. The van der Waals surface area contributed by atoms with Crippen molar-refractivity contribution in [1.29, 1.82) is 0 Å². The number of hydrogen-bond acceptors (Lipinski definition) is 6. The molecule has 2 aromatic rings. The minimum absolute atomic E-state index is 0.106. The first-order valence-corrected chi connectivity index (χ1v) is 6.18. The Morgan fingerprint density at radius 1 is 1.47 bits per heavy atom. The van der Waals surface area contributed by atoms with Gasteiger partial charge in [0.1, 0.15) is 0 Å². The molecule has 0 atom stereocenters. The molecule has 0 amide bonds. The van der Waals surface area contributed by atoms with E-state index < -0.39 is 0 Å². The maximum absolute atomic E-state index is 12.0. The molecular formula is C12H17N5O2. The molecule has 7 heteroatoms. The van der Waals surface area contributed by atoms with Crippen LogP contribution in [0.25, 0.3) is 0 Å². The molecule has 0 aromatic carbocycles. The monoisotopic (exact) mass is 263 g/mol. The third kappa shape index (κ3) is 3.18. The van der Waals surface area contributed by atoms with Gasteiger partial charge in [-0.3, -0.25) is 4.79 Å². The van der Waals surface area contributed by atoms with E-state index in [0.29, 0.717) is 30.5 Å². The summed E-state index contributed by atoms with van der Waals surface area (Å²) in [7, 11) is 0. The molecule has 1 N–H and O–H groups in total. The smallest absolute Gasteiger partial charge is 0.293 e. The summed E-state index contributed by atoms with van der Waals surface area (Å²) in [5.74, 6) is 1.49. The predicted octanol–water partition coefficient (Wildman–Crippen LogP) is 1.17. The topological polar surface area (TPSA) is 85.8 Å². The SMILES string of the molecule is Cc1noc(CCNc2nccn(C(C)C)c2=O)n1. The highest BCUT2D eigenvalue weighted by molar-refractivity contribution is 5.30. The summed E-state index contributed by atoms with van der Waals surface area (Å²) in [6.07, 6.45) is 3.85. The van der Waals surface area contributed by atoms with E-state index in [9.17, 15) is 4.79 Å². The van der Waals surface area contributed by atoms with Crippen LogP contribution in [0, 0.1) is 6.92 Å². The van der Waals surface area contributed by atoms with E-state index in [1.165, 1.54) is 0 Å². The van der Waals surface area contributed by atoms with Crippen molar-refractivity contribution in [2.45, 2.75) is 33.2 Å². The zero-order valence-electron chi connectivity index (χ0n) is 11.3. The van der Waals surface area contributed by atoms with Crippen LogP contribution in [0.3, 0.4) is 0 Å². The van der Waals surface area contributed by atoms with E-state index in [0.717, 1.165) is 0 Å². The van der Waals surface area contributed by atoms with Gasteiger partial charge in [-0.2, -0.15) is 4.98 Å². The Hall–Kier alpha value is -2.18. The zero-order chi connectivity index (χ0) is 13.8. The fourth-order valence-electron chi connectivity index (χ4n) is 1.68. The molecule has 0 aliphatic heterocycles. The van der Waals surface area contributed by atoms with Gasteiger partial charge in [0.25, 0.3) is 5.56 Å². The summed E-state index contributed by atoms with van der Waals surface area (Å²) in [5, 5.41) is 6.70. The number of nitrogens with zero attached hydrogens (tertiary/aromatic N) is 4. The molecule has 0 bridgehead atoms. The van der Waals surface area contributed by atoms with Gasteiger partial charge in [0.15, 0.2) is 11.6 Å². The van der Waals surface area contributed by atoms with Gasteiger partial charge in [0.05, 0.1) is 0 Å². The van der Waals surface area contributed by atoms with Crippen molar-refractivity contribution >= 4 is 5.82 Å². The second-order valence-corrected chi connectivity index (χ2v) is 4.49. The zero-order valence-corrected chi connectivity index (χ0v) is 11.3. The summed E-state index contributed by atoms with van der Waals surface area (Å²) in [5.41, 5.74) is -0.126. The van der Waals surface area contributed by atoms with E-state index in [2.05, 4.69) is 20.4 Å². The normalized spacial score (nSPS) is 10.9. The van der Waals surface area contributed by atoms with Gasteiger partial charge < -0.3 is 14.4 Å². The van der Waals surface area contributed by atoms with E-state index in [1.807, 2.05) is 13.8 Å².